The van der Waals surface area contributed by atoms with Crippen LogP contribution in [0.5, 0.6) is 5.75 Å². The quantitative estimate of drug-likeness (QED) is 0.173. The molecular formula is C22H18BrClN4OS2. The normalized spacial score (nSPS) is 10.9. The maximum absolute atomic E-state index is 6.30. The summed E-state index contributed by atoms with van der Waals surface area (Å²) >= 11 is 12.9. The average Bonchev–Trinajstić information content (AvgIpc) is 3.40. The van der Waals surface area contributed by atoms with Gasteiger partial charge in [0.25, 0.3) is 0 Å². The predicted molar refractivity (Wildman–Crippen MR) is 131 cm³/mol. The Morgan fingerprint density at radius 1 is 1.16 bits per heavy atom. The predicted octanol–water partition coefficient (Wildman–Crippen LogP) is 6.87. The Kier molecular flexibility index (Phi) is 7.45. The third-order valence-electron chi connectivity index (χ3n) is 4.29. The first-order valence-electron chi connectivity index (χ1n) is 9.37. The first kappa shape index (κ1) is 22.1. The topological polar surface area (TPSA) is 52.8 Å². The number of rotatable bonds is 9. The number of hydrogen-bond donors (Lipinski definition) is 0. The SMILES string of the molecule is C=CCn1c(COc2ccc(Br)cc2)nnc1SCc1csc(-c2ccccc2Cl)n1. The van der Waals surface area contributed by atoms with E-state index in [2.05, 4.69) is 38.1 Å². The van der Waals surface area contributed by atoms with Crippen molar-refractivity contribution in [2.24, 2.45) is 0 Å². The van der Waals surface area contributed by atoms with Crippen LogP contribution in [0.3, 0.4) is 0 Å². The maximum atomic E-state index is 6.30. The van der Waals surface area contributed by atoms with E-state index in [9.17, 15) is 0 Å². The van der Waals surface area contributed by atoms with E-state index in [1.807, 2.05) is 59.2 Å². The lowest BCUT2D eigenvalue weighted by molar-refractivity contribution is 0.289. The van der Waals surface area contributed by atoms with Gasteiger partial charge in [0.05, 0.1) is 10.7 Å². The Balaban J connectivity index is 1.43. The van der Waals surface area contributed by atoms with Crippen LogP contribution < -0.4 is 4.74 Å². The van der Waals surface area contributed by atoms with Crippen LogP contribution in [0.15, 0.2) is 76.2 Å². The van der Waals surface area contributed by atoms with Gasteiger partial charge in [-0.1, -0.05) is 63.6 Å². The van der Waals surface area contributed by atoms with Crippen LogP contribution in [-0.4, -0.2) is 19.7 Å². The molecule has 0 aliphatic rings. The number of ether oxygens (including phenoxy) is 1. The highest BCUT2D eigenvalue weighted by molar-refractivity contribution is 9.10. The molecule has 9 heteroatoms. The van der Waals surface area contributed by atoms with Gasteiger partial charge in [0.2, 0.25) is 0 Å². The summed E-state index contributed by atoms with van der Waals surface area (Å²) in [4.78, 5) is 4.73. The Morgan fingerprint density at radius 2 is 1.97 bits per heavy atom. The molecule has 0 saturated carbocycles. The van der Waals surface area contributed by atoms with Crippen LogP contribution in [0.4, 0.5) is 0 Å². The summed E-state index contributed by atoms with van der Waals surface area (Å²) in [6.07, 6.45) is 1.83. The van der Waals surface area contributed by atoms with E-state index in [-0.39, 0.29) is 0 Å². The van der Waals surface area contributed by atoms with Crippen molar-refractivity contribution < 1.29 is 4.74 Å². The molecule has 0 fully saturated rings. The van der Waals surface area contributed by atoms with Gasteiger partial charge in [-0.3, -0.25) is 4.57 Å². The lowest BCUT2D eigenvalue weighted by atomic mass is 10.2. The number of hydrogen-bond acceptors (Lipinski definition) is 6. The van der Waals surface area contributed by atoms with Crippen molar-refractivity contribution in [1.82, 2.24) is 19.7 Å². The van der Waals surface area contributed by atoms with Crippen LogP contribution in [0, 0.1) is 0 Å². The zero-order chi connectivity index (χ0) is 21.6. The number of allylic oxidation sites excluding steroid dienone is 1. The number of thioether (sulfide) groups is 1. The van der Waals surface area contributed by atoms with Crippen LogP contribution in [-0.2, 0) is 18.9 Å². The number of nitrogens with zero attached hydrogens (tertiary/aromatic N) is 4. The van der Waals surface area contributed by atoms with Crippen molar-refractivity contribution in [2.75, 3.05) is 0 Å². The third-order valence-corrected chi connectivity index (χ3v) is 7.07. The van der Waals surface area contributed by atoms with Crippen LogP contribution in [0.2, 0.25) is 5.02 Å². The second kappa shape index (κ2) is 10.5. The Bertz CT molecular complexity index is 1180. The molecule has 0 unspecified atom stereocenters. The van der Waals surface area contributed by atoms with Gasteiger partial charge < -0.3 is 4.74 Å². The molecule has 0 bridgehead atoms. The van der Waals surface area contributed by atoms with Crippen molar-refractivity contribution in [3.63, 3.8) is 0 Å². The Morgan fingerprint density at radius 3 is 2.74 bits per heavy atom. The molecule has 2 heterocycles. The number of halogens is 2. The van der Waals surface area contributed by atoms with E-state index in [4.69, 9.17) is 21.3 Å². The summed E-state index contributed by atoms with van der Waals surface area (Å²) in [6.45, 7) is 4.79. The average molecular weight is 534 g/mol. The lowest BCUT2D eigenvalue weighted by Gasteiger charge is -2.09. The highest BCUT2D eigenvalue weighted by atomic mass is 79.9. The van der Waals surface area contributed by atoms with Gasteiger partial charge in [0, 0.05) is 27.7 Å². The van der Waals surface area contributed by atoms with Gasteiger partial charge in [-0.15, -0.1) is 28.1 Å². The highest BCUT2D eigenvalue weighted by Crippen LogP contribution is 2.32. The molecule has 0 aliphatic heterocycles. The maximum Gasteiger partial charge on any atom is 0.191 e. The second-order valence-electron chi connectivity index (χ2n) is 6.45. The van der Waals surface area contributed by atoms with Crippen molar-refractivity contribution in [2.45, 2.75) is 24.1 Å². The Hall–Kier alpha value is -2.13. The van der Waals surface area contributed by atoms with Crippen LogP contribution >= 0.6 is 50.6 Å². The first-order chi connectivity index (χ1) is 15.1. The van der Waals surface area contributed by atoms with Crippen molar-refractivity contribution in [1.29, 1.82) is 0 Å². The smallest absolute Gasteiger partial charge is 0.191 e. The molecule has 0 amide bonds. The van der Waals surface area contributed by atoms with E-state index in [1.165, 1.54) is 0 Å². The molecule has 0 N–H and O–H groups in total. The second-order valence-corrected chi connectivity index (χ2v) is 9.58. The molecule has 31 heavy (non-hydrogen) atoms. The van der Waals surface area contributed by atoms with Gasteiger partial charge >= 0.3 is 0 Å². The standard InChI is InChI=1S/C22H18BrClN4OS2/c1-2-11-28-20(12-29-17-9-7-15(23)8-10-17)26-27-22(28)31-14-16-13-30-21(25-16)18-5-3-4-6-19(18)24/h2-10,13H,1,11-12,14H2. The fraction of sp³-hybridized carbons (Fsp3) is 0.136. The first-order valence-corrected chi connectivity index (χ1v) is 12.4. The van der Waals surface area contributed by atoms with Crippen LogP contribution in [0.25, 0.3) is 10.6 Å². The fourth-order valence-electron chi connectivity index (χ4n) is 2.79. The van der Waals surface area contributed by atoms with Crippen molar-refractivity contribution >= 4 is 50.6 Å². The highest BCUT2D eigenvalue weighted by Gasteiger charge is 2.14. The van der Waals surface area contributed by atoms with E-state index in [0.29, 0.717) is 23.9 Å². The van der Waals surface area contributed by atoms with Crippen molar-refractivity contribution in [3.8, 4) is 16.3 Å². The molecule has 2 aromatic heterocycles. The van der Waals surface area contributed by atoms with Gasteiger partial charge in [-0.2, -0.15) is 0 Å². The van der Waals surface area contributed by atoms with Crippen LogP contribution in [0.1, 0.15) is 11.5 Å². The number of thiazole rings is 1. The summed E-state index contributed by atoms with van der Waals surface area (Å²) in [6, 6.07) is 15.4. The summed E-state index contributed by atoms with van der Waals surface area (Å²) in [5.74, 6) is 2.21. The minimum atomic E-state index is 0.330. The molecule has 0 spiro atoms. The Labute approximate surface area is 202 Å². The molecule has 2 aromatic carbocycles. The van der Waals surface area contributed by atoms with Gasteiger partial charge in [0.15, 0.2) is 11.0 Å². The molecule has 0 aliphatic carbocycles. The monoisotopic (exact) mass is 532 g/mol. The fourth-order valence-corrected chi connectivity index (χ4v) is 5.16. The molecular weight excluding hydrogens is 516 g/mol. The van der Waals surface area contributed by atoms with E-state index < -0.39 is 0 Å². The molecule has 4 aromatic rings. The van der Waals surface area contributed by atoms with E-state index >= 15 is 0 Å². The van der Waals surface area contributed by atoms with Gasteiger partial charge in [-0.25, -0.2) is 4.98 Å². The summed E-state index contributed by atoms with van der Waals surface area (Å²) in [5, 5.41) is 13.1. The zero-order valence-electron chi connectivity index (χ0n) is 16.4. The van der Waals surface area contributed by atoms with Crippen molar-refractivity contribution in [3.05, 3.63) is 87.6 Å². The van der Waals surface area contributed by atoms with Gasteiger partial charge in [0.1, 0.15) is 17.4 Å². The number of aromatic nitrogens is 4. The molecule has 0 saturated heterocycles. The van der Waals surface area contributed by atoms with E-state index in [0.717, 1.165) is 37.5 Å². The van der Waals surface area contributed by atoms with Gasteiger partial charge in [-0.05, 0) is 30.3 Å². The van der Waals surface area contributed by atoms with E-state index in [1.54, 1.807) is 23.1 Å². The molecule has 5 nitrogen and oxygen atoms in total. The minimum absolute atomic E-state index is 0.330. The molecule has 4 rings (SSSR count). The number of benzene rings is 2. The molecule has 0 radical (unpaired) electrons. The summed E-state index contributed by atoms with van der Waals surface area (Å²) < 4.78 is 8.88. The molecule has 0 atom stereocenters. The zero-order valence-corrected chi connectivity index (χ0v) is 20.3. The molecule has 158 valence electrons. The largest absolute Gasteiger partial charge is 0.486 e. The lowest BCUT2D eigenvalue weighted by Crippen LogP contribution is -2.07. The summed E-state index contributed by atoms with van der Waals surface area (Å²) in [5.41, 5.74) is 1.93. The third kappa shape index (κ3) is 5.57. The summed E-state index contributed by atoms with van der Waals surface area (Å²) in [7, 11) is 0. The minimum Gasteiger partial charge on any atom is -0.486 e.